The first-order valence-corrected chi connectivity index (χ1v) is 25.5. The Morgan fingerprint density at radius 3 is 1.04 bits per heavy atom. The maximum Gasteiger partial charge on any atom is 0.243 e. The summed E-state index contributed by atoms with van der Waals surface area (Å²) in [6, 6.07) is 21.2. The third-order valence-corrected chi connectivity index (χ3v) is 14.6. The number of carbonyl (C=O) groups is 4. The van der Waals surface area contributed by atoms with Crippen LogP contribution in [0.5, 0.6) is 0 Å². The third-order valence-electron chi connectivity index (χ3n) is 10.5. The van der Waals surface area contributed by atoms with Gasteiger partial charge in [0.1, 0.15) is 0 Å². The van der Waals surface area contributed by atoms with Gasteiger partial charge in [-0.05, 0) is 106 Å². The van der Waals surface area contributed by atoms with Crippen LogP contribution in [-0.4, -0.2) is 115 Å². The molecule has 0 saturated heterocycles. The second-order valence-electron chi connectivity index (χ2n) is 15.8. The summed E-state index contributed by atoms with van der Waals surface area (Å²) in [6.45, 7) is -1.97. The molecule has 6 aromatic rings. The number of benzene rings is 4. The fourth-order valence-corrected chi connectivity index (χ4v) is 10.3. The van der Waals surface area contributed by atoms with Crippen LogP contribution in [0, 0.1) is 0 Å². The highest BCUT2D eigenvalue weighted by Crippen LogP contribution is 2.33. The zero-order valence-corrected chi connectivity index (χ0v) is 41.9. The predicted molar refractivity (Wildman–Crippen MR) is 272 cm³/mol. The van der Waals surface area contributed by atoms with Crippen molar-refractivity contribution in [3.05, 3.63) is 107 Å². The van der Waals surface area contributed by atoms with Crippen molar-refractivity contribution in [2.75, 3.05) is 47.4 Å². The molecule has 0 fully saturated rings. The van der Waals surface area contributed by atoms with Gasteiger partial charge in [-0.3, -0.25) is 19.2 Å². The van der Waals surface area contributed by atoms with Crippen molar-refractivity contribution in [1.82, 2.24) is 38.5 Å². The van der Waals surface area contributed by atoms with Crippen LogP contribution < -0.4 is 44.2 Å². The topological polar surface area (TPSA) is 413 Å². The second kappa shape index (κ2) is 24.8. The predicted octanol–water partition coefficient (Wildman–Crippen LogP) is 2.47. The lowest BCUT2D eigenvalue weighted by molar-refractivity contribution is -0.119. The molecular formula is C44H48Cl2N16O10S2. The minimum Gasteiger partial charge on any atom is -0.392 e. The highest BCUT2D eigenvalue weighted by Gasteiger charge is 2.27. The average molecular weight is 1100 g/mol. The number of nitrogens with one attached hydrogen (secondary N) is 4. The van der Waals surface area contributed by atoms with Gasteiger partial charge in [-0.25, -0.2) is 16.8 Å². The zero-order chi connectivity index (χ0) is 53.7. The smallest absolute Gasteiger partial charge is 0.243 e. The van der Waals surface area contributed by atoms with Gasteiger partial charge < -0.3 is 54.4 Å². The molecule has 6 rings (SSSR count). The first-order valence-electron chi connectivity index (χ1n) is 21.9. The summed E-state index contributed by atoms with van der Waals surface area (Å²) in [4.78, 5) is 70.6. The van der Waals surface area contributed by atoms with Crippen molar-refractivity contribution in [3.8, 4) is 11.1 Å². The number of aliphatic hydroxyl groups is 2. The lowest BCUT2D eigenvalue weighted by atomic mass is 9.95. The van der Waals surface area contributed by atoms with E-state index < -0.39 is 56.9 Å². The molecule has 4 amide bonds. The number of aliphatic hydroxyl groups excluding tert-OH is 2. The normalized spacial score (nSPS) is 11.6. The summed E-state index contributed by atoms with van der Waals surface area (Å²) in [7, 11) is -8.46. The van der Waals surface area contributed by atoms with Gasteiger partial charge in [-0.2, -0.15) is 38.5 Å². The van der Waals surface area contributed by atoms with Gasteiger partial charge in [-0.15, -0.1) is 0 Å². The largest absolute Gasteiger partial charge is 0.392 e. The molecular weight excluding hydrogens is 1050 g/mol. The van der Waals surface area contributed by atoms with Crippen LogP contribution in [0.15, 0.2) is 94.7 Å². The molecule has 4 aromatic carbocycles. The van der Waals surface area contributed by atoms with Crippen molar-refractivity contribution in [3.63, 3.8) is 0 Å². The molecule has 0 saturated carbocycles. The van der Waals surface area contributed by atoms with E-state index in [9.17, 15) is 46.2 Å². The van der Waals surface area contributed by atoms with E-state index in [2.05, 4.69) is 51.2 Å². The highest BCUT2D eigenvalue weighted by molar-refractivity contribution is 7.89. The molecule has 30 heteroatoms. The molecule has 0 aliphatic carbocycles. The van der Waals surface area contributed by atoms with Crippen molar-refractivity contribution in [1.29, 1.82) is 0 Å². The summed E-state index contributed by atoms with van der Waals surface area (Å²) < 4.78 is 56.1. The van der Waals surface area contributed by atoms with Crippen molar-refractivity contribution in [2.24, 2.45) is 22.9 Å². The van der Waals surface area contributed by atoms with E-state index in [1.165, 1.54) is 36.4 Å². The molecule has 0 bridgehead atoms. The van der Waals surface area contributed by atoms with Gasteiger partial charge in [0, 0.05) is 74.6 Å². The fraction of sp³-hybridized carbons (Fsp3) is 0.227. The highest BCUT2D eigenvalue weighted by atomic mass is 35.5. The quantitative estimate of drug-likeness (QED) is 0.0354. The summed E-state index contributed by atoms with van der Waals surface area (Å²) in [5.41, 5.74) is 24.3. The van der Waals surface area contributed by atoms with E-state index in [1.807, 2.05) is 0 Å². The molecule has 2 heterocycles. The molecule has 74 heavy (non-hydrogen) atoms. The number of halogens is 2. The first-order chi connectivity index (χ1) is 35.1. The maximum atomic E-state index is 13.6. The number of carbonyl (C=O) groups excluding carboxylic acids is 4. The zero-order valence-electron chi connectivity index (χ0n) is 38.8. The maximum absolute atomic E-state index is 13.6. The summed E-state index contributed by atoms with van der Waals surface area (Å²) in [5.74, 6) is -3.14. The molecule has 0 aliphatic rings. The SMILES string of the molecule is NC(=O)CCN(CCC(N)=O)S(=O)(=O)c1cccc(Nc2nc(Cl)nc(Nc3ccc(-c4ccc(Nc5nc(Cl)nc(Nc6cccc(S(=O)(=O)N(CCC(N)=O)CCC(N)=O)c6)n5)cc4CO)c(CO)c3)n2)c1. The third kappa shape index (κ3) is 15.2. The molecule has 0 radical (unpaired) electrons. The Bertz CT molecular complexity index is 3050. The van der Waals surface area contributed by atoms with Crippen LogP contribution in [0.3, 0.4) is 0 Å². The van der Waals surface area contributed by atoms with E-state index >= 15 is 0 Å². The van der Waals surface area contributed by atoms with E-state index in [0.717, 1.165) is 8.61 Å². The number of nitrogens with two attached hydrogens (primary N) is 4. The van der Waals surface area contributed by atoms with Gasteiger partial charge >= 0.3 is 0 Å². The Morgan fingerprint density at radius 2 is 0.757 bits per heavy atom. The minimum atomic E-state index is -4.23. The van der Waals surface area contributed by atoms with Crippen molar-refractivity contribution in [2.45, 2.75) is 48.7 Å². The summed E-state index contributed by atoms with van der Waals surface area (Å²) in [5, 5.41) is 32.4. The number of nitrogens with zero attached hydrogens (tertiary/aromatic N) is 8. The van der Waals surface area contributed by atoms with Crippen LogP contribution in [0.2, 0.25) is 10.6 Å². The van der Waals surface area contributed by atoms with E-state index in [-0.39, 0.29) is 107 Å². The van der Waals surface area contributed by atoms with Crippen molar-refractivity contribution >= 4 is 113 Å². The van der Waals surface area contributed by atoms with Gasteiger partial charge in [0.25, 0.3) is 0 Å². The second-order valence-corrected chi connectivity index (χ2v) is 20.3. The van der Waals surface area contributed by atoms with Crippen LogP contribution >= 0.6 is 23.2 Å². The minimum absolute atomic E-state index is 0.0273. The number of amides is 4. The molecule has 390 valence electrons. The molecule has 26 nitrogen and oxygen atoms in total. The Morgan fingerprint density at radius 1 is 0.459 bits per heavy atom. The van der Waals surface area contributed by atoms with Gasteiger partial charge in [0.05, 0.1) is 23.0 Å². The summed E-state index contributed by atoms with van der Waals surface area (Å²) in [6.07, 6.45) is -1.15. The number of rotatable bonds is 27. The van der Waals surface area contributed by atoms with E-state index in [1.54, 1.807) is 48.5 Å². The van der Waals surface area contributed by atoms with Crippen LogP contribution in [-0.2, 0) is 52.4 Å². The molecule has 2 aromatic heterocycles. The number of sulfonamides is 2. The molecule has 0 atom stereocenters. The number of aromatic nitrogens is 6. The molecule has 0 unspecified atom stereocenters. The standard InChI is InChI=1S/C44H48Cl2N16O10S2/c45-39-55-41(51-27-3-1-5-31(21-27)73(69,70)61(15-11-35(47)65)16-12-36(48)66)59-43(57-39)53-29-7-9-33(25(19-29)23-63)34-10-8-30(20-26(34)24-64)54-44-58-40(46)56-42(60-44)52-28-4-2-6-32(22-28)74(71,72)62(17-13-37(49)67)18-14-38(50)68/h1-10,19-22,63-64H,11-18,23-24H2,(H2,47,65)(H2,48,66)(H2,49,67)(H2,50,68)(H2,51,53,55,57,59)(H2,52,54,56,58,60). The first kappa shape index (κ1) is 55.6. The number of primary amides is 4. The summed E-state index contributed by atoms with van der Waals surface area (Å²) >= 11 is 12.5. The molecule has 0 spiro atoms. The van der Waals surface area contributed by atoms with Crippen LogP contribution in [0.1, 0.15) is 36.8 Å². The Hall–Kier alpha value is -7.70. The lowest BCUT2D eigenvalue weighted by Crippen LogP contribution is -2.36. The number of hydrogen-bond donors (Lipinski definition) is 10. The van der Waals surface area contributed by atoms with Crippen LogP contribution in [0.25, 0.3) is 11.1 Å². The fourth-order valence-electron chi connectivity index (χ4n) is 6.98. The van der Waals surface area contributed by atoms with Gasteiger partial charge in [-0.1, -0.05) is 24.3 Å². The van der Waals surface area contributed by atoms with Gasteiger partial charge in [0.15, 0.2) is 0 Å². The Balaban J connectivity index is 1.16. The van der Waals surface area contributed by atoms with E-state index in [4.69, 9.17) is 46.1 Å². The van der Waals surface area contributed by atoms with Crippen LogP contribution in [0.4, 0.5) is 46.5 Å². The Kier molecular flexibility index (Phi) is 18.7. The Labute approximate surface area is 433 Å². The van der Waals surface area contributed by atoms with E-state index in [0.29, 0.717) is 33.6 Å². The monoisotopic (exact) mass is 1090 g/mol. The lowest BCUT2D eigenvalue weighted by Gasteiger charge is -2.21. The number of hydrogen-bond acceptors (Lipinski definition) is 20. The van der Waals surface area contributed by atoms with Crippen molar-refractivity contribution < 1.29 is 46.2 Å². The molecule has 14 N–H and O–H groups in total. The van der Waals surface area contributed by atoms with Gasteiger partial charge in [0.2, 0.25) is 78.0 Å². The number of anilines is 8. The average Bonchev–Trinajstić information content (AvgIpc) is 3.33. The molecule has 0 aliphatic heterocycles.